The first-order valence-corrected chi connectivity index (χ1v) is 6.34. The van der Waals surface area contributed by atoms with Gasteiger partial charge in [0.1, 0.15) is 0 Å². The molecule has 17 heavy (non-hydrogen) atoms. The number of carbonyl (C=O) groups is 1. The molecule has 1 rings (SSSR count). The van der Waals surface area contributed by atoms with Gasteiger partial charge in [-0.3, -0.25) is 13.9 Å². The van der Waals surface area contributed by atoms with E-state index in [4.69, 9.17) is 14.2 Å². The van der Waals surface area contributed by atoms with Crippen molar-refractivity contribution < 1.29 is 35.8 Å². The normalized spacial score (nSPS) is 12.6. The smallest absolute Gasteiger partial charge is 0.433 e. The molecule has 0 spiro atoms. The van der Waals surface area contributed by atoms with Crippen LogP contribution in [-0.2, 0) is 20.4 Å². The summed E-state index contributed by atoms with van der Waals surface area (Å²) in [4.78, 5) is 21.6. The van der Waals surface area contributed by atoms with Crippen molar-refractivity contribution in [3.63, 3.8) is 0 Å². The molecule has 0 atom stereocenters. The molecule has 0 saturated heterocycles. The quantitative estimate of drug-likeness (QED) is 0.523. The van der Waals surface area contributed by atoms with Crippen LogP contribution in [0.3, 0.4) is 0 Å². The second kappa shape index (κ2) is 3.66. The fourth-order valence-corrected chi connectivity index (χ4v) is 2.31. The molecule has 0 amide bonds. The number of carboxylic acid groups (broad SMARTS) is 1. The van der Waals surface area contributed by atoms with Crippen molar-refractivity contribution in [3.05, 3.63) is 16.4 Å². The Labute approximate surface area is 93.1 Å². The van der Waals surface area contributed by atoms with Crippen LogP contribution >= 0.6 is 0 Å². The molecule has 0 saturated carbocycles. The minimum absolute atomic E-state index is 0.0250. The highest BCUT2D eigenvalue weighted by molar-refractivity contribution is 7.86. The van der Waals surface area contributed by atoms with Crippen LogP contribution in [0.5, 0.6) is 0 Å². The predicted molar refractivity (Wildman–Crippen MR) is 48.9 cm³/mol. The molecule has 0 bridgehead atoms. The van der Waals surface area contributed by atoms with Crippen LogP contribution in [-0.4, -0.2) is 45.9 Å². The third kappa shape index (κ3) is 2.36. The average Bonchev–Trinajstić information content (AvgIpc) is 2.40. The lowest BCUT2D eigenvalue weighted by Gasteiger charge is -2.04. The van der Waals surface area contributed by atoms with E-state index < -0.39 is 45.9 Å². The van der Waals surface area contributed by atoms with Gasteiger partial charge in [-0.2, -0.15) is 21.5 Å². The zero-order chi connectivity index (χ0) is 13.6. The Morgan fingerprint density at radius 2 is 1.65 bits per heavy atom. The molecule has 1 aromatic heterocycles. The van der Waals surface area contributed by atoms with Crippen LogP contribution in [0.15, 0.2) is 15.9 Å². The second-order valence-electron chi connectivity index (χ2n) is 2.61. The first-order valence-electron chi connectivity index (χ1n) is 3.50. The molecule has 1 aromatic rings. The summed E-state index contributed by atoms with van der Waals surface area (Å²) in [5, 5.41) is 7.03. The highest BCUT2D eigenvalue weighted by atomic mass is 32.2. The van der Waals surface area contributed by atoms with E-state index in [1.54, 1.807) is 0 Å². The summed E-state index contributed by atoms with van der Waals surface area (Å²) in [6.45, 7) is 0. The topological polar surface area (TPSA) is 173 Å². The zero-order valence-electron chi connectivity index (χ0n) is 7.58. The molecule has 0 aliphatic rings. The van der Waals surface area contributed by atoms with Crippen LogP contribution in [0, 0.1) is 0 Å². The highest BCUT2D eigenvalue weighted by Gasteiger charge is 2.30. The van der Waals surface area contributed by atoms with Gasteiger partial charge in [0.05, 0.1) is 0 Å². The summed E-state index contributed by atoms with van der Waals surface area (Å²) >= 11 is 0. The van der Waals surface area contributed by atoms with Gasteiger partial charge in [0.15, 0.2) is 5.03 Å². The molecule has 11 nitrogen and oxygen atoms in total. The van der Waals surface area contributed by atoms with Crippen LogP contribution in [0.4, 0.5) is 4.79 Å². The van der Waals surface area contributed by atoms with E-state index in [1.165, 1.54) is 0 Å². The average molecular weight is 288 g/mol. The number of nitrogens with zero attached hydrogens (tertiary/aromatic N) is 2. The van der Waals surface area contributed by atoms with Crippen molar-refractivity contribution in [2.45, 2.75) is 5.03 Å². The molecule has 1 heterocycles. The van der Waals surface area contributed by atoms with Gasteiger partial charge in [-0.25, -0.2) is 4.79 Å². The van der Waals surface area contributed by atoms with E-state index in [0.717, 1.165) is 0 Å². The van der Waals surface area contributed by atoms with Gasteiger partial charge in [0.2, 0.25) is 0 Å². The molecule has 13 heteroatoms. The molecular weight excluding hydrogens is 284 g/mol. The lowest BCUT2D eigenvalue weighted by Crippen LogP contribution is -2.33. The third-order valence-electron chi connectivity index (χ3n) is 1.49. The number of hydrogen-bond donors (Lipinski definition) is 3. The Bertz CT molecular complexity index is 732. The molecule has 0 aliphatic carbocycles. The maximum absolute atomic E-state index is 11.0. The third-order valence-corrected chi connectivity index (χ3v) is 3.09. The van der Waals surface area contributed by atoms with Crippen molar-refractivity contribution in [1.29, 1.82) is 0 Å². The number of hydrogen-bond acceptors (Lipinski definition) is 6. The van der Waals surface area contributed by atoms with Crippen LogP contribution in [0.2, 0.25) is 0 Å². The molecule has 0 aliphatic heterocycles. The number of aromatic nitrogens is 2. The van der Waals surface area contributed by atoms with E-state index in [-0.39, 0.29) is 6.07 Å². The van der Waals surface area contributed by atoms with Crippen molar-refractivity contribution in [3.8, 4) is 0 Å². The predicted octanol–water partition coefficient (Wildman–Crippen LogP) is -1.93. The summed E-state index contributed by atoms with van der Waals surface area (Å²) in [6, 6.07) is 0.0250. The van der Waals surface area contributed by atoms with Gasteiger partial charge in [-0.1, -0.05) is 0 Å². The molecule has 3 N–H and O–H groups in total. The summed E-state index contributed by atoms with van der Waals surface area (Å²) < 4.78 is 58.5. The number of rotatable bonds is 2. The Morgan fingerprint density at radius 3 is 1.94 bits per heavy atom. The van der Waals surface area contributed by atoms with Gasteiger partial charge in [-0.05, 0) is 0 Å². The molecule has 0 fully saturated rings. The maximum atomic E-state index is 11.0. The SMILES string of the molecule is O=C(O)n1c(S(=O)(=O)O)cc(=O)n1S(=O)(=O)O. The first kappa shape index (κ1) is 13.4. The van der Waals surface area contributed by atoms with Crippen molar-refractivity contribution in [1.82, 2.24) is 8.77 Å². The summed E-state index contributed by atoms with van der Waals surface area (Å²) in [7, 11) is -10.5. The Kier molecular flexibility index (Phi) is 2.88. The van der Waals surface area contributed by atoms with E-state index in [0.29, 0.717) is 0 Å². The Morgan fingerprint density at radius 1 is 1.18 bits per heavy atom. The van der Waals surface area contributed by atoms with Crippen molar-refractivity contribution in [2.75, 3.05) is 0 Å². The molecule has 0 radical (unpaired) electrons. The zero-order valence-corrected chi connectivity index (χ0v) is 9.21. The summed E-state index contributed by atoms with van der Waals surface area (Å²) in [5.41, 5.74) is -1.66. The van der Waals surface area contributed by atoms with Crippen LogP contribution in [0.1, 0.15) is 0 Å². The monoisotopic (exact) mass is 288 g/mol. The molecular formula is C4H4N2O9S2. The molecule has 0 aromatic carbocycles. The highest BCUT2D eigenvalue weighted by Crippen LogP contribution is 2.07. The van der Waals surface area contributed by atoms with E-state index >= 15 is 0 Å². The largest absolute Gasteiger partial charge is 0.463 e. The van der Waals surface area contributed by atoms with E-state index in [1.807, 2.05) is 0 Å². The van der Waals surface area contributed by atoms with Gasteiger partial charge >= 0.3 is 26.5 Å². The Hall–Kier alpha value is -1.70. The van der Waals surface area contributed by atoms with Crippen molar-refractivity contribution >= 4 is 26.5 Å². The van der Waals surface area contributed by atoms with Crippen LogP contribution in [0.25, 0.3) is 0 Å². The van der Waals surface area contributed by atoms with Gasteiger partial charge in [0.25, 0.3) is 5.56 Å². The van der Waals surface area contributed by atoms with Crippen molar-refractivity contribution in [2.24, 2.45) is 0 Å². The Balaban J connectivity index is 3.97. The molecule has 0 unspecified atom stereocenters. The lowest BCUT2D eigenvalue weighted by molar-refractivity contribution is 0.187. The van der Waals surface area contributed by atoms with Gasteiger partial charge < -0.3 is 5.11 Å². The summed E-state index contributed by atoms with van der Waals surface area (Å²) in [6.07, 6.45) is -2.21. The fourth-order valence-electron chi connectivity index (χ4n) is 0.983. The van der Waals surface area contributed by atoms with Gasteiger partial charge in [-0.15, -0.1) is 4.09 Å². The van der Waals surface area contributed by atoms with E-state index in [9.17, 15) is 26.4 Å². The fraction of sp³-hybridized carbons (Fsp3) is 0. The molecule has 96 valence electrons. The van der Waals surface area contributed by atoms with Gasteiger partial charge in [0, 0.05) is 6.07 Å². The standard InChI is InChI=1S/C4H4N2O9S2/c7-2-1-3(16(10,11)12)5(4(8)9)6(2)17(13,14)15/h1H,(H,8,9)(H,10,11,12)(H,13,14,15). The first-order chi connectivity index (χ1) is 7.46. The van der Waals surface area contributed by atoms with E-state index in [2.05, 4.69) is 0 Å². The van der Waals surface area contributed by atoms with Crippen LogP contribution < -0.4 is 5.56 Å². The maximum Gasteiger partial charge on any atom is 0.433 e. The minimum atomic E-state index is -5.34. The second-order valence-corrected chi connectivity index (χ2v) is 5.22. The minimum Gasteiger partial charge on any atom is -0.463 e. The lowest BCUT2D eigenvalue weighted by atomic mass is 10.7. The summed E-state index contributed by atoms with van der Waals surface area (Å²) in [5.74, 6) is 0.